The second kappa shape index (κ2) is 10.0. The number of nitrogens with zero attached hydrogens (tertiary/aromatic N) is 3. The molecule has 5 nitrogen and oxygen atoms in total. The minimum Gasteiger partial charge on any atom is -0.451 e. The van der Waals surface area contributed by atoms with Crippen molar-refractivity contribution in [2.75, 3.05) is 31.1 Å². The van der Waals surface area contributed by atoms with Gasteiger partial charge in [-0.25, -0.2) is 4.98 Å². The summed E-state index contributed by atoms with van der Waals surface area (Å²) in [6, 6.07) is 13.3. The Hall–Kier alpha value is -2.12. The maximum absolute atomic E-state index is 13.5. The number of carbonyl (C=O) groups excluding carboxylic acids is 1. The number of likely N-dealkylation sites (N-methyl/N-ethyl adjacent to an activating group) is 1. The molecule has 0 saturated heterocycles. The number of fused-ring (bicyclic) bond motifs is 2. The van der Waals surface area contributed by atoms with Crippen molar-refractivity contribution in [1.82, 2.24) is 9.88 Å². The first kappa shape index (κ1) is 23.5. The van der Waals surface area contributed by atoms with Crippen LogP contribution in [0.4, 0.5) is 5.13 Å². The van der Waals surface area contributed by atoms with Crippen molar-refractivity contribution in [1.29, 1.82) is 0 Å². The van der Waals surface area contributed by atoms with E-state index in [2.05, 4.69) is 18.7 Å². The van der Waals surface area contributed by atoms with Crippen LogP contribution in [-0.2, 0) is 0 Å². The molecule has 0 radical (unpaired) electrons. The van der Waals surface area contributed by atoms with Gasteiger partial charge in [0, 0.05) is 23.5 Å². The third-order valence-corrected chi connectivity index (χ3v) is 6.84. The summed E-state index contributed by atoms with van der Waals surface area (Å²) in [5.41, 5.74) is 2.47. The third kappa shape index (κ3) is 4.72. The van der Waals surface area contributed by atoms with Gasteiger partial charge in [-0.2, -0.15) is 0 Å². The first-order valence-corrected chi connectivity index (χ1v) is 11.3. The van der Waals surface area contributed by atoms with Crippen molar-refractivity contribution in [2.24, 2.45) is 0 Å². The van der Waals surface area contributed by atoms with Crippen LogP contribution in [0, 0.1) is 6.92 Å². The van der Waals surface area contributed by atoms with Crippen molar-refractivity contribution < 1.29 is 9.21 Å². The Morgan fingerprint density at radius 1 is 1.13 bits per heavy atom. The van der Waals surface area contributed by atoms with Gasteiger partial charge in [0.25, 0.3) is 5.91 Å². The van der Waals surface area contributed by atoms with Crippen LogP contribution in [0.5, 0.6) is 0 Å². The number of benzene rings is 2. The topological polar surface area (TPSA) is 49.6 Å². The SMILES string of the molecule is CCN(CC)CCN(C(=O)c1cc2ccccc2o1)c1nc2c(C)c(Cl)ccc2s1.Cl. The van der Waals surface area contributed by atoms with Gasteiger partial charge in [0.15, 0.2) is 10.9 Å². The number of aryl methyl sites for hydroxylation is 1. The van der Waals surface area contributed by atoms with E-state index in [1.807, 2.05) is 43.3 Å². The zero-order valence-electron chi connectivity index (χ0n) is 17.7. The van der Waals surface area contributed by atoms with Gasteiger partial charge in [-0.3, -0.25) is 9.69 Å². The van der Waals surface area contributed by atoms with Crippen LogP contribution in [-0.4, -0.2) is 42.0 Å². The lowest BCUT2D eigenvalue weighted by Gasteiger charge is -2.24. The average Bonchev–Trinajstić information content (AvgIpc) is 3.38. The van der Waals surface area contributed by atoms with Crippen LogP contribution in [0.3, 0.4) is 0 Å². The Balaban J connectivity index is 0.00000272. The molecule has 0 unspecified atom stereocenters. The Morgan fingerprint density at radius 2 is 1.87 bits per heavy atom. The fourth-order valence-corrected chi connectivity index (χ4v) is 4.69. The summed E-state index contributed by atoms with van der Waals surface area (Å²) in [5, 5.41) is 2.25. The molecule has 164 valence electrons. The number of halogens is 2. The highest BCUT2D eigenvalue weighted by atomic mass is 35.5. The van der Waals surface area contributed by atoms with E-state index in [-0.39, 0.29) is 18.3 Å². The van der Waals surface area contributed by atoms with E-state index in [4.69, 9.17) is 21.0 Å². The van der Waals surface area contributed by atoms with E-state index in [1.165, 1.54) is 11.3 Å². The Kier molecular flexibility index (Phi) is 7.59. The molecular formula is C23H25Cl2N3O2S. The van der Waals surface area contributed by atoms with Gasteiger partial charge in [-0.15, -0.1) is 12.4 Å². The molecule has 2 heterocycles. The number of para-hydroxylation sites is 1. The summed E-state index contributed by atoms with van der Waals surface area (Å²) in [4.78, 5) is 22.3. The molecule has 8 heteroatoms. The van der Waals surface area contributed by atoms with Crippen LogP contribution in [0.1, 0.15) is 30.0 Å². The van der Waals surface area contributed by atoms with Crippen molar-refractivity contribution in [3.63, 3.8) is 0 Å². The number of hydrogen-bond acceptors (Lipinski definition) is 5. The highest BCUT2D eigenvalue weighted by Crippen LogP contribution is 2.34. The van der Waals surface area contributed by atoms with Crippen molar-refractivity contribution in [2.45, 2.75) is 20.8 Å². The van der Waals surface area contributed by atoms with Crippen molar-refractivity contribution in [3.05, 3.63) is 58.8 Å². The van der Waals surface area contributed by atoms with E-state index >= 15 is 0 Å². The number of rotatable bonds is 7. The third-order valence-electron chi connectivity index (χ3n) is 5.38. The summed E-state index contributed by atoms with van der Waals surface area (Å²) >= 11 is 7.78. The van der Waals surface area contributed by atoms with Crippen LogP contribution < -0.4 is 4.90 Å². The number of carbonyl (C=O) groups is 1. The summed E-state index contributed by atoms with van der Waals surface area (Å²) < 4.78 is 6.87. The number of anilines is 1. The van der Waals surface area contributed by atoms with E-state index < -0.39 is 0 Å². The minimum atomic E-state index is -0.179. The minimum absolute atomic E-state index is 0. The molecule has 2 aromatic carbocycles. The predicted molar refractivity (Wildman–Crippen MR) is 132 cm³/mol. The zero-order chi connectivity index (χ0) is 21.3. The molecule has 0 saturated carbocycles. The van der Waals surface area contributed by atoms with Crippen LogP contribution in [0.25, 0.3) is 21.2 Å². The maximum Gasteiger partial charge on any atom is 0.295 e. The molecule has 4 rings (SSSR count). The molecule has 0 spiro atoms. The lowest BCUT2D eigenvalue weighted by atomic mass is 10.2. The second-order valence-corrected chi connectivity index (χ2v) is 8.56. The van der Waals surface area contributed by atoms with E-state index in [0.717, 1.165) is 40.8 Å². The average molecular weight is 478 g/mol. The molecule has 1 amide bonds. The van der Waals surface area contributed by atoms with Crippen molar-refractivity contribution >= 4 is 67.6 Å². The van der Waals surface area contributed by atoms with Gasteiger partial charge in [0.1, 0.15) is 5.58 Å². The summed E-state index contributed by atoms with van der Waals surface area (Å²) in [5.74, 6) is 0.144. The summed E-state index contributed by atoms with van der Waals surface area (Å²) in [6.45, 7) is 9.35. The monoisotopic (exact) mass is 477 g/mol. The zero-order valence-corrected chi connectivity index (χ0v) is 20.1. The number of hydrogen-bond donors (Lipinski definition) is 0. The summed E-state index contributed by atoms with van der Waals surface area (Å²) in [6.07, 6.45) is 0. The fourth-order valence-electron chi connectivity index (χ4n) is 3.49. The lowest BCUT2D eigenvalue weighted by Crippen LogP contribution is -2.38. The van der Waals surface area contributed by atoms with Gasteiger partial charge in [-0.1, -0.05) is 55.0 Å². The largest absolute Gasteiger partial charge is 0.451 e. The molecule has 0 bridgehead atoms. The molecule has 0 fully saturated rings. The number of aromatic nitrogens is 1. The molecule has 31 heavy (non-hydrogen) atoms. The molecule has 0 atom stereocenters. The maximum atomic E-state index is 13.5. The van der Waals surface area contributed by atoms with Gasteiger partial charge in [0.2, 0.25) is 0 Å². The molecule has 0 aliphatic carbocycles. The highest BCUT2D eigenvalue weighted by Gasteiger charge is 2.25. The molecular weight excluding hydrogens is 453 g/mol. The first-order chi connectivity index (χ1) is 14.5. The van der Waals surface area contributed by atoms with E-state index in [1.54, 1.807) is 11.0 Å². The molecule has 4 aromatic rings. The normalized spacial score (nSPS) is 11.3. The summed E-state index contributed by atoms with van der Waals surface area (Å²) in [7, 11) is 0. The van der Waals surface area contributed by atoms with Gasteiger partial charge in [0.05, 0.1) is 10.2 Å². The number of amides is 1. The quantitative estimate of drug-likeness (QED) is 0.308. The van der Waals surface area contributed by atoms with Gasteiger partial charge >= 0.3 is 0 Å². The van der Waals surface area contributed by atoms with Crippen LogP contribution in [0.2, 0.25) is 5.02 Å². The lowest BCUT2D eigenvalue weighted by molar-refractivity contribution is 0.0959. The molecule has 2 aromatic heterocycles. The number of thiazole rings is 1. The molecule has 0 aliphatic rings. The van der Waals surface area contributed by atoms with E-state index in [0.29, 0.717) is 28.0 Å². The first-order valence-electron chi connectivity index (χ1n) is 10.1. The Bertz CT molecular complexity index is 1170. The second-order valence-electron chi connectivity index (χ2n) is 7.15. The smallest absolute Gasteiger partial charge is 0.295 e. The Labute approximate surface area is 197 Å². The molecule has 0 aliphatic heterocycles. The predicted octanol–water partition coefficient (Wildman–Crippen LogP) is 6.41. The van der Waals surface area contributed by atoms with E-state index in [9.17, 15) is 4.79 Å². The van der Waals surface area contributed by atoms with Crippen molar-refractivity contribution in [3.8, 4) is 0 Å². The van der Waals surface area contributed by atoms with Gasteiger partial charge < -0.3 is 9.32 Å². The highest BCUT2D eigenvalue weighted by molar-refractivity contribution is 7.22. The Morgan fingerprint density at radius 3 is 2.58 bits per heavy atom. The fraction of sp³-hybridized carbons (Fsp3) is 0.304. The molecule has 0 N–H and O–H groups in total. The standard InChI is InChI=1S/C23H24ClN3O2S.ClH/c1-4-26(5-2)12-13-27(22(28)19-14-16-8-6-7-9-18(16)29-19)23-25-21-15(3)17(24)10-11-20(21)30-23;/h6-11,14H,4-5,12-13H2,1-3H3;1H. The van der Waals surface area contributed by atoms with Crippen LogP contribution >= 0.6 is 35.3 Å². The van der Waals surface area contributed by atoms with Gasteiger partial charge in [-0.05, 0) is 49.8 Å². The number of furan rings is 1. The van der Waals surface area contributed by atoms with Crippen LogP contribution in [0.15, 0.2) is 46.9 Å².